The summed E-state index contributed by atoms with van der Waals surface area (Å²) in [5.41, 5.74) is 4.99. The quantitative estimate of drug-likeness (QED) is 0.222. The number of phenolic OH excluding ortho intramolecular Hbond substituents is 1. The highest BCUT2D eigenvalue weighted by Crippen LogP contribution is 2.32. The van der Waals surface area contributed by atoms with Crippen LogP contribution in [0.4, 0.5) is 23.5 Å². The lowest BCUT2D eigenvalue weighted by molar-refractivity contribution is -0.134. The van der Waals surface area contributed by atoms with Gasteiger partial charge >= 0.3 is 0 Å². The summed E-state index contributed by atoms with van der Waals surface area (Å²) in [6.45, 7) is 5.52. The molecule has 1 saturated heterocycles. The van der Waals surface area contributed by atoms with Crippen molar-refractivity contribution in [3.05, 3.63) is 51.0 Å². The molecule has 0 radical (unpaired) electrons. The van der Waals surface area contributed by atoms with Crippen molar-refractivity contribution in [3.8, 4) is 11.5 Å². The predicted octanol–water partition coefficient (Wildman–Crippen LogP) is 4.43. The summed E-state index contributed by atoms with van der Waals surface area (Å²) in [5.74, 6) is 0.521. The van der Waals surface area contributed by atoms with Gasteiger partial charge in [0, 0.05) is 40.8 Å². The lowest BCUT2D eigenvalue weighted by Gasteiger charge is -2.27. The zero-order valence-corrected chi connectivity index (χ0v) is 23.2. The zero-order chi connectivity index (χ0) is 27.7. The van der Waals surface area contributed by atoms with E-state index in [0.717, 1.165) is 22.6 Å². The lowest BCUT2D eigenvalue weighted by Crippen LogP contribution is -2.37. The van der Waals surface area contributed by atoms with E-state index in [1.54, 1.807) is 12.1 Å². The number of phenols is 1. The number of aromatic hydroxyl groups is 1. The minimum Gasteiger partial charge on any atom is -0.504 e. The Balaban J connectivity index is 0.000000934. The van der Waals surface area contributed by atoms with Gasteiger partial charge in [-0.05, 0) is 36.8 Å². The molecule has 2 heterocycles. The predicted molar refractivity (Wildman–Crippen MR) is 149 cm³/mol. The number of nitrogens with zero attached hydrogens (tertiary/aromatic N) is 5. The van der Waals surface area contributed by atoms with Gasteiger partial charge in [0.05, 0.1) is 26.5 Å². The van der Waals surface area contributed by atoms with Gasteiger partial charge in [-0.3, -0.25) is 4.79 Å². The molecule has 0 atom stereocenters. The normalized spacial score (nSPS) is 13.0. The van der Waals surface area contributed by atoms with Crippen molar-refractivity contribution in [2.75, 3.05) is 49.1 Å². The van der Waals surface area contributed by atoms with Crippen molar-refractivity contribution >= 4 is 63.2 Å². The Bertz CT molecular complexity index is 1300. The van der Waals surface area contributed by atoms with Crippen LogP contribution in [0.25, 0.3) is 0 Å². The molecule has 0 amide bonds. The van der Waals surface area contributed by atoms with E-state index in [0.29, 0.717) is 54.5 Å². The van der Waals surface area contributed by atoms with Crippen LogP contribution >= 0.6 is 27.5 Å². The monoisotopic (exact) mass is 607 g/mol. The van der Waals surface area contributed by atoms with Crippen LogP contribution in [-0.4, -0.2) is 70.8 Å². The van der Waals surface area contributed by atoms with E-state index < -0.39 is 5.97 Å². The number of aliphatic carboxylic acids is 1. The molecule has 202 valence electrons. The molecule has 0 bridgehead atoms. The van der Waals surface area contributed by atoms with E-state index in [1.165, 1.54) is 13.3 Å². The van der Waals surface area contributed by atoms with Crippen molar-refractivity contribution in [3.63, 3.8) is 0 Å². The number of aryl methyl sites for hydroxylation is 1. The Kier molecular flexibility index (Phi) is 10.4. The molecule has 1 aliphatic rings. The molecule has 0 aliphatic carbocycles. The number of ether oxygens (including phenoxy) is 2. The number of morpholine rings is 1. The summed E-state index contributed by atoms with van der Waals surface area (Å²) in [7, 11) is 1.48. The van der Waals surface area contributed by atoms with Gasteiger partial charge in [-0.2, -0.15) is 20.1 Å². The second-order valence-electron chi connectivity index (χ2n) is 7.91. The fourth-order valence-corrected chi connectivity index (χ4v) is 3.82. The number of methoxy groups -OCH3 is 1. The molecule has 0 unspecified atom stereocenters. The first-order valence-corrected chi connectivity index (χ1v) is 12.5. The minimum absolute atomic E-state index is 0.0282. The van der Waals surface area contributed by atoms with Gasteiger partial charge in [0.25, 0.3) is 5.97 Å². The molecular formula is C24H27BrClN7O5. The molecule has 0 spiro atoms. The van der Waals surface area contributed by atoms with Crippen LogP contribution in [0, 0.1) is 6.92 Å². The summed E-state index contributed by atoms with van der Waals surface area (Å²) >= 11 is 9.65. The first kappa shape index (κ1) is 28.9. The van der Waals surface area contributed by atoms with E-state index in [9.17, 15) is 5.11 Å². The number of hydrogen-bond donors (Lipinski definition) is 4. The fourth-order valence-electron chi connectivity index (χ4n) is 3.18. The number of hydrazone groups is 1. The highest BCUT2D eigenvalue weighted by atomic mass is 79.9. The molecule has 2 aromatic carbocycles. The van der Waals surface area contributed by atoms with Crippen molar-refractivity contribution in [2.45, 2.75) is 13.8 Å². The molecule has 3 aromatic rings. The molecule has 4 N–H and O–H groups in total. The third-order valence-electron chi connectivity index (χ3n) is 5.00. The maximum Gasteiger partial charge on any atom is 0.300 e. The Morgan fingerprint density at radius 1 is 1.21 bits per heavy atom. The van der Waals surface area contributed by atoms with E-state index >= 15 is 0 Å². The van der Waals surface area contributed by atoms with Crippen molar-refractivity contribution < 1.29 is 24.5 Å². The van der Waals surface area contributed by atoms with Crippen LogP contribution in [0.1, 0.15) is 18.1 Å². The zero-order valence-electron chi connectivity index (χ0n) is 20.9. The van der Waals surface area contributed by atoms with Crippen molar-refractivity contribution in [1.82, 2.24) is 15.0 Å². The van der Waals surface area contributed by atoms with Crippen LogP contribution in [-0.2, 0) is 9.53 Å². The first-order chi connectivity index (χ1) is 18.2. The van der Waals surface area contributed by atoms with E-state index in [1.807, 2.05) is 30.0 Å². The number of hydrogen-bond acceptors (Lipinski definition) is 11. The molecule has 0 saturated carbocycles. The fraction of sp³-hybridized carbons (Fsp3) is 0.292. The Morgan fingerprint density at radius 2 is 1.89 bits per heavy atom. The Hall–Kier alpha value is -3.68. The highest BCUT2D eigenvalue weighted by molar-refractivity contribution is 9.10. The number of aromatic nitrogens is 3. The number of carboxylic acids is 1. The van der Waals surface area contributed by atoms with Crippen LogP contribution in [0.5, 0.6) is 11.5 Å². The SMILES string of the molecule is CC(=O)O.COc1cc(Br)cc(C=NNc2nc(Nc3ccc(C)c(Cl)c3)nc(N3CCOCC3)n2)c1O. The molecule has 1 aliphatic heterocycles. The van der Waals surface area contributed by atoms with Gasteiger partial charge in [-0.1, -0.05) is 33.6 Å². The Morgan fingerprint density at radius 3 is 2.55 bits per heavy atom. The third kappa shape index (κ3) is 8.43. The molecule has 12 nitrogen and oxygen atoms in total. The average Bonchev–Trinajstić information content (AvgIpc) is 2.88. The van der Waals surface area contributed by atoms with Crippen LogP contribution < -0.4 is 20.4 Å². The number of benzene rings is 2. The number of rotatable bonds is 7. The standard InChI is InChI=1S/C22H23BrClN7O3.C2H4O2/c1-13-3-4-16(11-17(13)24)26-20-27-21(29-22(28-20)31-5-7-34-8-6-31)30-25-12-14-9-15(23)10-18(33-2)19(14)32;1-2(3)4/h3-4,9-12,32H,5-8H2,1-2H3,(H2,26,27,28,29,30);1H3,(H,3,4). The van der Waals surface area contributed by atoms with Crippen molar-refractivity contribution in [1.29, 1.82) is 0 Å². The third-order valence-corrected chi connectivity index (χ3v) is 5.87. The largest absolute Gasteiger partial charge is 0.504 e. The van der Waals surface area contributed by atoms with Crippen molar-refractivity contribution in [2.24, 2.45) is 5.10 Å². The maximum absolute atomic E-state index is 10.3. The van der Waals surface area contributed by atoms with E-state index in [2.05, 4.69) is 46.7 Å². The molecule has 4 rings (SSSR count). The van der Waals surface area contributed by atoms with E-state index in [4.69, 9.17) is 31.0 Å². The molecule has 1 fully saturated rings. The first-order valence-electron chi connectivity index (χ1n) is 11.3. The number of anilines is 4. The topological polar surface area (TPSA) is 154 Å². The number of nitrogens with one attached hydrogen (secondary N) is 2. The van der Waals surface area contributed by atoms with Gasteiger partial charge in [0.1, 0.15) is 0 Å². The summed E-state index contributed by atoms with van der Waals surface area (Å²) in [6.07, 6.45) is 1.45. The van der Waals surface area contributed by atoms with Gasteiger partial charge in [-0.15, -0.1) is 0 Å². The molecule has 38 heavy (non-hydrogen) atoms. The van der Waals surface area contributed by atoms with Gasteiger partial charge in [0.2, 0.25) is 17.8 Å². The number of halogens is 2. The van der Waals surface area contributed by atoms with E-state index in [-0.39, 0.29) is 11.7 Å². The van der Waals surface area contributed by atoms with Crippen LogP contribution in [0.15, 0.2) is 39.9 Å². The second-order valence-corrected chi connectivity index (χ2v) is 9.23. The molecule has 14 heteroatoms. The van der Waals surface area contributed by atoms with Gasteiger partial charge in [-0.25, -0.2) is 5.43 Å². The summed E-state index contributed by atoms with van der Waals surface area (Å²) in [6, 6.07) is 8.99. The Labute approximate surface area is 232 Å². The molecule has 1 aromatic heterocycles. The van der Waals surface area contributed by atoms with Crippen LogP contribution in [0.2, 0.25) is 5.02 Å². The smallest absolute Gasteiger partial charge is 0.300 e. The maximum atomic E-state index is 10.3. The minimum atomic E-state index is -0.833. The average molecular weight is 609 g/mol. The lowest BCUT2D eigenvalue weighted by atomic mass is 10.2. The second kappa shape index (κ2) is 13.7. The number of carbonyl (C=O) groups is 1. The molecular weight excluding hydrogens is 582 g/mol. The van der Waals surface area contributed by atoms with Gasteiger partial charge in [0.15, 0.2) is 11.5 Å². The summed E-state index contributed by atoms with van der Waals surface area (Å²) < 4.78 is 11.3. The number of carboxylic acid groups (broad SMARTS) is 1. The van der Waals surface area contributed by atoms with Crippen LogP contribution in [0.3, 0.4) is 0 Å². The van der Waals surface area contributed by atoms with Gasteiger partial charge < -0.3 is 29.9 Å². The highest BCUT2D eigenvalue weighted by Gasteiger charge is 2.17. The summed E-state index contributed by atoms with van der Waals surface area (Å²) in [5, 5.41) is 25.8. The summed E-state index contributed by atoms with van der Waals surface area (Å²) in [4.78, 5) is 24.5.